The molecule has 0 aromatic carbocycles. The molecule has 1 aromatic rings. The van der Waals surface area contributed by atoms with Crippen molar-refractivity contribution in [1.29, 1.82) is 0 Å². The molecule has 1 fully saturated rings. The van der Waals surface area contributed by atoms with Crippen molar-refractivity contribution < 1.29 is 4.74 Å². The average Bonchev–Trinajstić information content (AvgIpc) is 2.31. The van der Waals surface area contributed by atoms with Crippen LogP contribution in [0.2, 0.25) is 0 Å². The Morgan fingerprint density at radius 2 is 2.53 bits per heavy atom. The summed E-state index contributed by atoms with van der Waals surface area (Å²) in [6, 6.07) is 4.10. The number of rotatable bonds is 3. The van der Waals surface area contributed by atoms with Crippen molar-refractivity contribution in [3.63, 3.8) is 0 Å². The highest BCUT2D eigenvalue weighted by Crippen LogP contribution is 2.10. The molecule has 1 aromatic heterocycles. The van der Waals surface area contributed by atoms with Crippen LogP contribution in [-0.4, -0.2) is 41.0 Å². The second-order valence-corrected chi connectivity index (χ2v) is 4.39. The molecule has 0 bridgehead atoms. The van der Waals surface area contributed by atoms with Crippen LogP contribution in [0, 0.1) is 0 Å². The summed E-state index contributed by atoms with van der Waals surface area (Å²) in [6.45, 7) is 3.82. The maximum Gasteiger partial charge on any atom is 0.0799 e. The predicted octanol–water partition coefficient (Wildman–Crippen LogP) is 1.68. The second kappa shape index (κ2) is 5.58. The quantitative estimate of drug-likeness (QED) is 0.782. The molecule has 1 aliphatic heterocycles. The lowest BCUT2D eigenvalue weighted by Gasteiger charge is -2.31. The van der Waals surface area contributed by atoms with Gasteiger partial charge in [-0.3, -0.25) is 9.88 Å². The van der Waals surface area contributed by atoms with Crippen molar-refractivity contribution >= 4 is 15.9 Å². The molecule has 0 radical (unpaired) electrons. The smallest absolute Gasteiger partial charge is 0.0799 e. The number of alkyl halides is 1. The molecule has 15 heavy (non-hydrogen) atoms. The molecular formula is C11H15BrN2O. The monoisotopic (exact) mass is 270 g/mol. The van der Waals surface area contributed by atoms with E-state index in [9.17, 15) is 0 Å². The van der Waals surface area contributed by atoms with Gasteiger partial charge in [0.05, 0.1) is 12.7 Å². The van der Waals surface area contributed by atoms with E-state index in [1.165, 1.54) is 5.56 Å². The Kier molecular flexibility index (Phi) is 4.11. The van der Waals surface area contributed by atoms with Gasteiger partial charge in [0.15, 0.2) is 0 Å². The fourth-order valence-electron chi connectivity index (χ4n) is 1.77. The van der Waals surface area contributed by atoms with Crippen molar-refractivity contribution in [1.82, 2.24) is 9.88 Å². The van der Waals surface area contributed by atoms with Crippen LogP contribution in [0.1, 0.15) is 5.56 Å². The third-order valence-electron chi connectivity index (χ3n) is 2.52. The first-order valence-electron chi connectivity index (χ1n) is 5.17. The SMILES string of the molecule is BrCC1CN(Cc2cccnc2)CCO1. The Morgan fingerprint density at radius 1 is 1.60 bits per heavy atom. The van der Waals surface area contributed by atoms with E-state index in [4.69, 9.17) is 4.74 Å². The summed E-state index contributed by atoms with van der Waals surface area (Å²) in [4.78, 5) is 6.53. The van der Waals surface area contributed by atoms with E-state index >= 15 is 0 Å². The van der Waals surface area contributed by atoms with Crippen molar-refractivity contribution in [3.05, 3.63) is 30.1 Å². The van der Waals surface area contributed by atoms with Crippen molar-refractivity contribution in [2.75, 3.05) is 25.0 Å². The van der Waals surface area contributed by atoms with E-state index in [1.807, 2.05) is 18.5 Å². The molecule has 3 nitrogen and oxygen atoms in total. The predicted molar refractivity (Wildman–Crippen MR) is 63.0 cm³/mol. The lowest BCUT2D eigenvalue weighted by atomic mass is 10.2. The Balaban J connectivity index is 1.89. The zero-order chi connectivity index (χ0) is 10.5. The summed E-state index contributed by atoms with van der Waals surface area (Å²) in [5, 5.41) is 0.913. The van der Waals surface area contributed by atoms with Gasteiger partial charge in [0.25, 0.3) is 0 Å². The number of halogens is 1. The molecule has 0 saturated carbocycles. The van der Waals surface area contributed by atoms with Gasteiger partial charge in [-0.05, 0) is 11.6 Å². The number of ether oxygens (including phenoxy) is 1. The molecule has 1 unspecified atom stereocenters. The number of pyridine rings is 1. The molecule has 2 heterocycles. The van der Waals surface area contributed by atoms with Gasteiger partial charge >= 0.3 is 0 Å². The molecule has 1 atom stereocenters. The third-order valence-corrected chi connectivity index (χ3v) is 3.25. The van der Waals surface area contributed by atoms with Gasteiger partial charge in [-0.1, -0.05) is 22.0 Å². The van der Waals surface area contributed by atoms with Gasteiger partial charge in [-0.25, -0.2) is 0 Å². The number of morpholine rings is 1. The molecule has 1 aliphatic rings. The van der Waals surface area contributed by atoms with E-state index in [2.05, 4.69) is 31.9 Å². The van der Waals surface area contributed by atoms with Crippen LogP contribution in [0.15, 0.2) is 24.5 Å². The molecule has 0 spiro atoms. The minimum absolute atomic E-state index is 0.329. The fourth-order valence-corrected chi connectivity index (χ4v) is 2.16. The highest BCUT2D eigenvalue weighted by Gasteiger charge is 2.19. The first-order valence-corrected chi connectivity index (χ1v) is 6.29. The minimum Gasteiger partial charge on any atom is -0.375 e. The van der Waals surface area contributed by atoms with Crippen molar-refractivity contribution in [2.45, 2.75) is 12.6 Å². The number of hydrogen-bond donors (Lipinski definition) is 0. The molecule has 82 valence electrons. The summed E-state index contributed by atoms with van der Waals surface area (Å²) in [6.07, 6.45) is 4.07. The van der Waals surface area contributed by atoms with E-state index in [0.29, 0.717) is 6.10 Å². The largest absolute Gasteiger partial charge is 0.375 e. The Labute approximate surface area is 98.6 Å². The van der Waals surface area contributed by atoms with Crippen LogP contribution < -0.4 is 0 Å². The van der Waals surface area contributed by atoms with Gasteiger partial charge in [-0.2, -0.15) is 0 Å². The summed E-state index contributed by atoms with van der Waals surface area (Å²) in [7, 11) is 0. The molecular weight excluding hydrogens is 256 g/mol. The van der Waals surface area contributed by atoms with Crippen molar-refractivity contribution in [2.24, 2.45) is 0 Å². The topological polar surface area (TPSA) is 25.4 Å². The van der Waals surface area contributed by atoms with Gasteiger partial charge in [0.2, 0.25) is 0 Å². The van der Waals surface area contributed by atoms with Gasteiger partial charge in [-0.15, -0.1) is 0 Å². The lowest BCUT2D eigenvalue weighted by molar-refractivity contribution is -0.0181. The van der Waals surface area contributed by atoms with Crippen LogP contribution >= 0.6 is 15.9 Å². The first kappa shape index (κ1) is 11.0. The van der Waals surface area contributed by atoms with Crippen LogP contribution in [0.25, 0.3) is 0 Å². The Hall–Kier alpha value is -0.450. The molecule has 4 heteroatoms. The van der Waals surface area contributed by atoms with E-state index in [0.717, 1.165) is 31.6 Å². The summed E-state index contributed by atoms with van der Waals surface area (Å²) in [5.41, 5.74) is 1.27. The van der Waals surface area contributed by atoms with Crippen LogP contribution in [0.4, 0.5) is 0 Å². The molecule has 0 amide bonds. The summed E-state index contributed by atoms with van der Waals surface area (Å²) >= 11 is 3.46. The molecule has 1 saturated heterocycles. The minimum atomic E-state index is 0.329. The maximum atomic E-state index is 5.59. The maximum absolute atomic E-state index is 5.59. The number of nitrogens with zero attached hydrogens (tertiary/aromatic N) is 2. The van der Waals surface area contributed by atoms with Crippen LogP contribution in [-0.2, 0) is 11.3 Å². The normalized spacial score (nSPS) is 22.9. The number of aromatic nitrogens is 1. The molecule has 0 aliphatic carbocycles. The number of hydrogen-bond acceptors (Lipinski definition) is 3. The Bertz CT molecular complexity index is 294. The summed E-state index contributed by atoms with van der Waals surface area (Å²) in [5.74, 6) is 0. The first-order chi connectivity index (χ1) is 7.38. The fraction of sp³-hybridized carbons (Fsp3) is 0.545. The third kappa shape index (κ3) is 3.26. The van der Waals surface area contributed by atoms with Gasteiger partial charge in [0, 0.05) is 37.4 Å². The zero-order valence-corrected chi connectivity index (χ0v) is 10.2. The van der Waals surface area contributed by atoms with E-state index < -0.39 is 0 Å². The highest BCUT2D eigenvalue weighted by molar-refractivity contribution is 9.09. The zero-order valence-electron chi connectivity index (χ0n) is 8.60. The van der Waals surface area contributed by atoms with Gasteiger partial charge < -0.3 is 4.74 Å². The molecule has 2 rings (SSSR count). The van der Waals surface area contributed by atoms with Crippen LogP contribution in [0.3, 0.4) is 0 Å². The van der Waals surface area contributed by atoms with E-state index in [-0.39, 0.29) is 0 Å². The summed E-state index contributed by atoms with van der Waals surface area (Å²) < 4.78 is 5.59. The second-order valence-electron chi connectivity index (χ2n) is 3.74. The van der Waals surface area contributed by atoms with Crippen molar-refractivity contribution in [3.8, 4) is 0 Å². The van der Waals surface area contributed by atoms with E-state index in [1.54, 1.807) is 0 Å². The highest BCUT2D eigenvalue weighted by atomic mass is 79.9. The van der Waals surface area contributed by atoms with Gasteiger partial charge in [0.1, 0.15) is 0 Å². The lowest BCUT2D eigenvalue weighted by Crippen LogP contribution is -2.42. The molecule has 0 N–H and O–H groups in total. The standard InChI is InChI=1S/C11H15BrN2O/c12-6-11-9-14(4-5-15-11)8-10-2-1-3-13-7-10/h1-3,7,11H,4-6,8-9H2. The Morgan fingerprint density at radius 3 is 3.27 bits per heavy atom. The average molecular weight is 271 g/mol. The van der Waals surface area contributed by atoms with Crippen LogP contribution in [0.5, 0.6) is 0 Å².